The number of fused-ring (bicyclic) bond motifs is 1. The molecule has 1 aliphatic heterocycles. The summed E-state index contributed by atoms with van der Waals surface area (Å²) in [5.41, 5.74) is 5.49. The summed E-state index contributed by atoms with van der Waals surface area (Å²) in [7, 11) is 0. The SMILES string of the molecule is CCON1c2ccccc2C(=Nc2ccccc2)C1(c1ccccc1)c1ccccc1. The van der Waals surface area contributed by atoms with Gasteiger partial charge in [0, 0.05) is 5.56 Å². The van der Waals surface area contributed by atoms with E-state index in [1.165, 1.54) is 0 Å². The van der Waals surface area contributed by atoms with E-state index in [9.17, 15) is 0 Å². The van der Waals surface area contributed by atoms with Crippen molar-refractivity contribution in [1.29, 1.82) is 0 Å². The molecule has 0 unspecified atom stereocenters. The molecule has 0 bridgehead atoms. The molecule has 0 N–H and O–H groups in total. The number of nitrogens with zero attached hydrogens (tertiary/aromatic N) is 2. The summed E-state index contributed by atoms with van der Waals surface area (Å²) in [5.74, 6) is 0. The number of aliphatic imine (C=N–C) groups is 1. The first kappa shape index (κ1) is 19.3. The van der Waals surface area contributed by atoms with Gasteiger partial charge in [0.25, 0.3) is 0 Å². The molecule has 5 rings (SSSR count). The topological polar surface area (TPSA) is 24.8 Å². The molecule has 0 radical (unpaired) electrons. The molecule has 0 aromatic heterocycles. The van der Waals surface area contributed by atoms with Gasteiger partial charge in [-0.3, -0.25) is 4.84 Å². The molecular formula is C28H24N2O. The van der Waals surface area contributed by atoms with E-state index in [0.29, 0.717) is 6.61 Å². The monoisotopic (exact) mass is 404 g/mol. The van der Waals surface area contributed by atoms with Crippen LogP contribution in [0.3, 0.4) is 0 Å². The van der Waals surface area contributed by atoms with Crippen LogP contribution in [0.25, 0.3) is 0 Å². The third-order valence-electron chi connectivity index (χ3n) is 5.66. The summed E-state index contributed by atoms with van der Waals surface area (Å²) in [6.07, 6.45) is 0. The molecule has 1 heterocycles. The number of hydroxylamine groups is 1. The molecule has 0 amide bonds. The van der Waals surface area contributed by atoms with Crippen molar-refractivity contribution in [2.24, 2.45) is 4.99 Å². The quantitative estimate of drug-likeness (QED) is 0.378. The van der Waals surface area contributed by atoms with Crippen LogP contribution in [0.2, 0.25) is 0 Å². The largest absolute Gasteiger partial charge is 0.272 e. The lowest BCUT2D eigenvalue weighted by molar-refractivity contribution is 0.0940. The van der Waals surface area contributed by atoms with Crippen molar-refractivity contribution in [3.05, 3.63) is 132 Å². The minimum absolute atomic E-state index is 0.550. The van der Waals surface area contributed by atoms with Crippen molar-refractivity contribution in [3.8, 4) is 0 Å². The Morgan fingerprint density at radius 1 is 0.677 bits per heavy atom. The first-order valence-electron chi connectivity index (χ1n) is 10.6. The zero-order valence-corrected chi connectivity index (χ0v) is 17.5. The molecule has 0 saturated heterocycles. The average Bonchev–Trinajstić information content (AvgIpc) is 3.11. The van der Waals surface area contributed by atoms with Gasteiger partial charge in [-0.15, -0.1) is 0 Å². The van der Waals surface area contributed by atoms with Crippen LogP contribution < -0.4 is 5.06 Å². The molecular weight excluding hydrogens is 380 g/mol. The highest BCUT2D eigenvalue weighted by atomic mass is 16.7. The summed E-state index contributed by atoms with van der Waals surface area (Å²) in [5, 5.41) is 2.05. The van der Waals surface area contributed by atoms with Crippen LogP contribution in [0.4, 0.5) is 11.4 Å². The fourth-order valence-corrected chi connectivity index (χ4v) is 4.42. The molecule has 0 aliphatic carbocycles. The molecule has 4 aromatic rings. The number of para-hydroxylation sites is 2. The minimum Gasteiger partial charge on any atom is -0.272 e. The molecule has 1 aliphatic rings. The molecule has 0 atom stereocenters. The highest BCUT2D eigenvalue weighted by Gasteiger charge is 2.53. The molecule has 0 spiro atoms. The van der Waals surface area contributed by atoms with Crippen LogP contribution >= 0.6 is 0 Å². The standard InChI is InChI=1S/C28H24N2O/c1-2-31-30-26-21-13-12-20-25(26)27(29-24-18-10-5-11-19-24)28(30,22-14-6-3-7-15-22)23-16-8-4-9-17-23/h3-21H,2H2,1H3. The van der Waals surface area contributed by atoms with Gasteiger partial charge in [0.2, 0.25) is 0 Å². The number of anilines is 1. The van der Waals surface area contributed by atoms with Crippen molar-refractivity contribution >= 4 is 17.1 Å². The highest BCUT2D eigenvalue weighted by Crippen LogP contribution is 2.50. The van der Waals surface area contributed by atoms with Crippen molar-refractivity contribution < 1.29 is 4.84 Å². The highest BCUT2D eigenvalue weighted by molar-refractivity contribution is 6.19. The number of benzene rings is 4. The fourth-order valence-electron chi connectivity index (χ4n) is 4.42. The maximum absolute atomic E-state index is 6.37. The van der Waals surface area contributed by atoms with E-state index in [-0.39, 0.29) is 0 Å². The second kappa shape index (κ2) is 8.21. The summed E-state index contributed by atoms with van der Waals surface area (Å²) in [6.45, 7) is 2.57. The molecule has 31 heavy (non-hydrogen) atoms. The Kier molecular flexibility index (Phi) is 5.11. The molecule has 4 aromatic carbocycles. The van der Waals surface area contributed by atoms with Gasteiger partial charge in [-0.1, -0.05) is 97.1 Å². The molecule has 152 valence electrons. The second-order valence-electron chi connectivity index (χ2n) is 7.47. The van der Waals surface area contributed by atoms with Crippen molar-refractivity contribution in [1.82, 2.24) is 0 Å². The average molecular weight is 405 g/mol. The van der Waals surface area contributed by atoms with Gasteiger partial charge in [-0.2, -0.15) is 0 Å². The maximum atomic E-state index is 6.37. The first-order chi connectivity index (χ1) is 15.4. The van der Waals surface area contributed by atoms with E-state index < -0.39 is 5.54 Å². The number of hydrogen-bond donors (Lipinski definition) is 0. The third-order valence-corrected chi connectivity index (χ3v) is 5.66. The van der Waals surface area contributed by atoms with Gasteiger partial charge in [0.1, 0.15) is 0 Å². The predicted octanol–water partition coefficient (Wildman–Crippen LogP) is 6.52. The van der Waals surface area contributed by atoms with Crippen LogP contribution in [0.5, 0.6) is 0 Å². The van der Waals surface area contributed by atoms with Crippen molar-refractivity contribution in [2.75, 3.05) is 11.7 Å². The van der Waals surface area contributed by atoms with Gasteiger partial charge in [0.15, 0.2) is 5.54 Å². The zero-order chi connectivity index (χ0) is 21.1. The van der Waals surface area contributed by atoms with Crippen molar-refractivity contribution in [3.63, 3.8) is 0 Å². The second-order valence-corrected chi connectivity index (χ2v) is 7.47. The van der Waals surface area contributed by atoms with E-state index >= 15 is 0 Å². The van der Waals surface area contributed by atoms with Gasteiger partial charge >= 0.3 is 0 Å². The Balaban J connectivity index is 1.90. The Labute approximate surface area is 183 Å². The lowest BCUT2D eigenvalue weighted by Crippen LogP contribution is -2.49. The van der Waals surface area contributed by atoms with E-state index in [0.717, 1.165) is 33.8 Å². The van der Waals surface area contributed by atoms with Gasteiger partial charge in [-0.25, -0.2) is 10.1 Å². The van der Waals surface area contributed by atoms with E-state index in [4.69, 9.17) is 9.83 Å². The maximum Gasteiger partial charge on any atom is 0.160 e. The normalized spacial score (nSPS) is 15.8. The zero-order valence-electron chi connectivity index (χ0n) is 17.5. The van der Waals surface area contributed by atoms with Gasteiger partial charge in [-0.05, 0) is 36.2 Å². The van der Waals surface area contributed by atoms with E-state index in [2.05, 4.69) is 77.9 Å². The van der Waals surface area contributed by atoms with E-state index in [1.807, 2.05) is 49.4 Å². The third kappa shape index (κ3) is 3.15. The smallest absolute Gasteiger partial charge is 0.160 e. The first-order valence-corrected chi connectivity index (χ1v) is 10.6. The Hall–Kier alpha value is -3.69. The summed E-state index contributed by atoms with van der Waals surface area (Å²) in [6, 6.07) is 39.5. The Bertz CT molecular complexity index is 1150. The summed E-state index contributed by atoms with van der Waals surface area (Å²) >= 11 is 0. The van der Waals surface area contributed by atoms with Gasteiger partial charge < -0.3 is 0 Å². The van der Waals surface area contributed by atoms with Crippen LogP contribution in [0.1, 0.15) is 23.6 Å². The van der Waals surface area contributed by atoms with Crippen LogP contribution in [0, 0.1) is 0 Å². The van der Waals surface area contributed by atoms with Crippen LogP contribution in [-0.4, -0.2) is 12.3 Å². The Morgan fingerprint density at radius 3 is 1.77 bits per heavy atom. The number of rotatable bonds is 5. The molecule has 3 heteroatoms. The molecule has 0 fully saturated rings. The van der Waals surface area contributed by atoms with Gasteiger partial charge in [0.05, 0.1) is 23.7 Å². The Morgan fingerprint density at radius 2 is 1.19 bits per heavy atom. The van der Waals surface area contributed by atoms with Crippen LogP contribution in [0.15, 0.2) is 120 Å². The molecule has 3 nitrogen and oxygen atoms in total. The van der Waals surface area contributed by atoms with Crippen LogP contribution in [-0.2, 0) is 10.4 Å². The van der Waals surface area contributed by atoms with E-state index in [1.54, 1.807) is 0 Å². The minimum atomic E-state index is -0.710. The number of hydrogen-bond acceptors (Lipinski definition) is 3. The summed E-state index contributed by atoms with van der Waals surface area (Å²) in [4.78, 5) is 11.6. The lowest BCUT2D eigenvalue weighted by Gasteiger charge is -2.40. The lowest BCUT2D eigenvalue weighted by atomic mass is 9.78. The summed E-state index contributed by atoms with van der Waals surface area (Å²) < 4.78 is 0. The van der Waals surface area contributed by atoms with Crippen molar-refractivity contribution in [2.45, 2.75) is 12.5 Å². The molecule has 0 saturated carbocycles. The predicted molar refractivity (Wildman–Crippen MR) is 127 cm³/mol. The fraction of sp³-hybridized carbons (Fsp3) is 0.107.